The van der Waals surface area contributed by atoms with Crippen LogP contribution < -0.4 is 10.6 Å². The van der Waals surface area contributed by atoms with Gasteiger partial charge < -0.3 is 29.6 Å². The Morgan fingerprint density at radius 1 is 0.654 bits per heavy atom. The molecule has 2 aromatic rings. The van der Waals surface area contributed by atoms with Crippen molar-refractivity contribution in [1.82, 2.24) is 10.6 Å². The molecular formula is C40H54N2O10. The van der Waals surface area contributed by atoms with Crippen molar-refractivity contribution in [2.24, 2.45) is 0 Å². The Morgan fingerprint density at radius 3 is 1.73 bits per heavy atom. The lowest BCUT2D eigenvalue weighted by molar-refractivity contribution is -0.147. The summed E-state index contributed by atoms with van der Waals surface area (Å²) in [6.45, 7) is 13.4. The van der Waals surface area contributed by atoms with Crippen LogP contribution in [0.15, 0.2) is 85.0 Å². The number of carbonyl (C=O) groups is 6. The Hall–Kier alpha value is -5.26. The van der Waals surface area contributed by atoms with Crippen LogP contribution in [0.4, 0.5) is 0 Å². The Morgan fingerprint density at radius 2 is 1.21 bits per heavy atom. The Balaban J connectivity index is 0.000000578. The molecule has 0 saturated heterocycles. The van der Waals surface area contributed by atoms with E-state index in [1.165, 1.54) is 0 Å². The number of nitrogens with one attached hydrogen (secondary N) is 2. The lowest BCUT2D eigenvalue weighted by Crippen LogP contribution is -2.42. The zero-order valence-electron chi connectivity index (χ0n) is 30.7. The van der Waals surface area contributed by atoms with E-state index in [0.717, 1.165) is 11.1 Å². The largest absolute Gasteiger partial charge is 0.464 e. The molecule has 12 nitrogen and oxygen atoms in total. The first-order chi connectivity index (χ1) is 24.9. The number of carbonyl (C=O) groups excluding carboxylic acids is 6. The van der Waals surface area contributed by atoms with Crippen LogP contribution >= 0.6 is 0 Å². The van der Waals surface area contributed by atoms with Gasteiger partial charge in [0.1, 0.15) is 19.3 Å². The van der Waals surface area contributed by atoms with Gasteiger partial charge in [-0.1, -0.05) is 73.8 Å². The highest BCUT2D eigenvalue weighted by Crippen LogP contribution is 2.07. The predicted molar refractivity (Wildman–Crippen MR) is 196 cm³/mol. The van der Waals surface area contributed by atoms with E-state index in [0.29, 0.717) is 75.9 Å². The molecule has 2 amide bonds. The van der Waals surface area contributed by atoms with Crippen molar-refractivity contribution in [1.29, 1.82) is 0 Å². The first-order valence-electron chi connectivity index (χ1n) is 17.5. The normalized spacial score (nSPS) is 10.7. The van der Waals surface area contributed by atoms with Crippen LogP contribution in [0, 0.1) is 0 Å². The quantitative estimate of drug-likeness (QED) is 0.0618. The fraction of sp³-hybridized carbons (Fsp3) is 0.450. The minimum Gasteiger partial charge on any atom is -0.464 e. The minimum atomic E-state index is -0.739. The topological polar surface area (TPSA) is 163 Å². The van der Waals surface area contributed by atoms with Gasteiger partial charge in [-0.15, -0.1) is 0 Å². The van der Waals surface area contributed by atoms with Gasteiger partial charge in [0.25, 0.3) is 0 Å². The monoisotopic (exact) mass is 722 g/mol. The summed E-state index contributed by atoms with van der Waals surface area (Å²) in [7, 11) is 0. The lowest BCUT2D eigenvalue weighted by Gasteiger charge is -2.17. The van der Waals surface area contributed by atoms with Crippen LogP contribution in [-0.2, 0) is 60.9 Å². The molecular weight excluding hydrogens is 668 g/mol. The van der Waals surface area contributed by atoms with Gasteiger partial charge in [-0.3, -0.25) is 19.2 Å². The first-order valence-corrected chi connectivity index (χ1v) is 17.5. The average molecular weight is 723 g/mol. The standard InChI is InChI=1S/C24H34N2O6.C16H20O4/c1-4-31-24(30)20(26-23(29)18(2)3)13-8-9-16-25-21(27)14-10-15-22(28)32-17-19-11-6-5-7-12-19;1-13(2)16(18)19-11-7-6-10-15(17)20-12-14-8-4-3-5-9-14/h5-7,11-12,20H,2,4,8-10,13-17H2,1,3H3,(H,25,27)(H,26,29);3-5,8-9H,1,6-7,10-12H2,2H3. The van der Waals surface area contributed by atoms with Crippen LogP contribution in [0.1, 0.15) is 89.7 Å². The van der Waals surface area contributed by atoms with E-state index >= 15 is 0 Å². The van der Waals surface area contributed by atoms with E-state index in [1.54, 1.807) is 20.8 Å². The number of hydrogen-bond acceptors (Lipinski definition) is 10. The van der Waals surface area contributed by atoms with Crippen molar-refractivity contribution in [3.8, 4) is 0 Å². The summed E-state index contributed by atoms with van der Waals surface area (Å²) < 4.78 is 20.2. The molecule has 0 heterocycles. The number of hydrogen-bond donors (Lipinski definition) is 2. The van der Waals surface area contributed by atoms with Crippen LogP contribution in [-0.4, -0.2) is 61.5 Å². The summed E-state index contributed by atoms with van der Waals surface area (Å²) in [6.07, 6.45) is 4.10. The summed E-state index contributed by atoms with van der Waals surface area (Å²) in [5.41, 5.74) is 2.59. The molecule has 0 fully saturated rings. The fourth-order valence-electron chi connectivity index (χ4n) is 4.24. The average Bonchev–Trinajstić information content (AvgIpc) is 3.13. The Bertz CT molecular complexity index is 1430. The second-order valence-corrected chi connectivity index (χ2v) is 11.9. The smallest absolute Gasteiger partial charge is 0.333 e. The number of unbranched alkanes of at least 4 members (excludes halogenated alkanes) is 2. The summed E-state index contributed by atoms with van der Waals surface area (Å²) in [5, 5.41) is 5.41. The van der Waals surface area contributed by atoms with E-state index in [-0.39, 0.29) is 43.9 Å². The van der Waals surface area contributed by atoms with Crippen molar-refractivity contribution < 1.29 is 47.7 Å². The second kappa shape index (κ2) is 27.5. The fourth-order valence-corrected chi connectivity index (χ4v) is 4.24. The highest BCUT2D eigenvalue weighted by atomic mass is 16.5. The molecule has 0 aromatic heterocycles. The zero-order chi connectivity index (χ0) is 38.6. The van der Waals surface area contributed by atoms with Gasteiger partial charge in [-0.05, 0) is 70.4 Å². The number of rotatable bonds is 23. The highest BCUT2D eigenvalue weighted by Gasteiger charge is 2.21. The van der Waals surface area contributed by atoms with E-state index < -0.39 is 23.9 Å². The molecule has 0 spiro atoms. The van der Waals surface area contributed by atoms with E-state index in [4.69, 9.17) is 18.9 Å². The SMILES string of the molecule is C=C(C)C(=O)NC(CCCCNC(=O)CCCC(=O)OCc1ccccc1)C(=O)OCC.C=C(C)C(=O)OCCCCC(=O)OCc1ccccc1. The maximum atomic E-state index is 12.0. The zero-order valence-corrected chi connectivity index (χ0v) is 30.7. The summed E-state index contributed by atoms with van der Waals surface area (Å²) in [6, 6.07) is 18.2. The van der Waals surface area contributed by atoms with Crippen molar-refractivity contribution in [2.45, 2.75) is 97.8 Å². The Labute approximate surface area is 307 Å². The number of esters is 4. The van der Waals surface area contributed by atoms with Crippen molar-refractivity contribution in [3.05, 3.63) is 96.1 Å². The minimum absolute atomic E-state index is 0.140. The molecule has 284 valence electrons. The molecule has 0 saturated carbocycles. The lowest BCUT2D eigenvalue weighted by atomic mass is 10.1. The third kappa shape index (κ3) is 22.5. The van der Waals surface area contributed by atoms with Crippen molar-refractivity contribution in [3.63, 3.8) is 0 Å². The molecule has 2 N–H and O–H groups in total. The number of amides is 2. The molecule has 0 bridgehead atoms. The predicted octanol–water partition coefficient (Wildman–Crippen LogP) is 5.83. The van der Waals surface area contributed by atoms with E-state index in [9.17, 15) is 28.8 Å². The van der Waals surface area contributed by atoms with Crippen molar-refractivity contribution in [2.75, 3.05) is 19.8 Å². The molecule has 12 heteroatoms. The molecule has 2 rings (SSSR count). The molecule has 52 heavy (non-hydrogen) atoms. The highest BCUT2D eigenvalue weighted by molar-refractivity contribution is 5.95. The van der Waals surface area contributed by atoms with Gasteiger partial charge in [0.05, 0.1) is 13.2 Å². The van der Waals surface area contributed by atoms with Gasteiger partial charge in [-0.25, -0.2) is 9.59 Å². The summed E-state index contributed by atoms with van der Waals surface area (Å²) >= 11 is 0. The summed E-state index contributed by atoms with van der Waals surface area (Å²) in [4.78, 5) is 70.0. The van der Waals surface area contributed by atoms with Crippen LogP contribution in [0.25, 0.3) is 0 Å². The van der Waals surface area contributed by atoms with E-state index in [1.807, 2.05) is 60.7 Å². The van der Waals surface area contributed by atoms with Gasteiger partial charge in [0.2, 0.25) is 11.8 Å². The molecule has 0 aliphatic heterocycles. The van der Waals surface area contributed by atoms with E-state index in [2.05, 4.69) is 23.8 Å². The molecule has 0 aliphatic carbocycles. The van der Waals surface area contributed by atoms with Crippen molar-refractivity contribution >= 4 is 35.7 Å². The van der Waals surface area contributed by atoms with Gasteiger partial charge >= 0.3 is 23.9 Å². The maximum absolute atomic E-state index is 12.0. The van der Waals surface area contributed by atoms with Crippen LogP contribution in [0.2, 0.25) is 0 Å². The summed E-state index contributed by atoms with van der Waals surface area (Å²) in [5.74, 6) is -1.97. The maximum Gasteiger partial charge on any atom is 0.333 e. The molecule has 0 radical (unpaired) electrons. The molecule has 1 atom stereocenters. The van der Waals surface area contributed by atoms with Crippen LogP contribution in [0.3, 0.4) is 0 Å². The first kappa shape index (κ1) is 44.8. The Kier molecular flexibility index (Phi) is 23.6. The van der Waals surface area contributed by atoms with Gasteiger partial charge in [-0.2, -0.15) is 0 Å². The van der Waals surface area contributed by atoms with Crippen LogP contribution in [0.5, 0.6) is 0 Å². The second-order valence-electron chi connectivity index (χ2n) is 11.9. The third-order valence-corrected chi connectivity index (χ3v) is 7.13. The number of benzene rings is 2. The molecule has 0 aliphatic rings. The third-order valence-electron chi connectivity index (χ3n) is 7.13. The number of ether oxygens (including phenoxy) is 4. The molecule has 1 unspecified atom stereocenters. The van der Waals surface area contributed by atoms with Gasteiger partial charge in [0, 0.05) is 37.0 Å². The molecule has 2 aromatic carbocycles. The van der Waals surface area contributed by atoms with Gasteiger partial charge in [0.15, 0.2) is 0 Å².